The molecule has 0 aromatic rings. The van der Waals surface area contributed by atoms with Gasteiger partial charge in [0, 0.05) is 13.1 Å². The van der Waals surface area contributed by atoms with Crippen molar-refractivity contribution >= 4 is 10.0 Å². The lowest BCUT2D eigenvalue weighted by atomic mass is 10.5. The van der Waals surface area contributed by atoms with Crippen molar-refractivity contribution < 1.29 is 8.42 Å². The van der Waals surface area contributed by atoms with Crippen LogP contribution < -0.4 is 5.32 Å². The fourth-order valence-corrected chi connectivity index (χ4v) is 2.70. The van der Waals surface area contributed by atoms with Gasteiger partial charge in [-0.05, 0) is 32.9 Å². The van der Waals surface area contributed by atoms with E-state index in [4.69, 9.17) is 0 Å². The summed E-state index contributed by atoms with van der Waals surface area (Å²) in [7, 11) is 0.542. The summed E-state index contributed by atoms with van der Waals surface area (Å²) in [6, 6.07) is 0.291. The maximum absolute atomic E-state index is 11.6. The van der Waals surface area contributed by atoms with E-state index in [1.54, 1.807) is 7.05 Å². The third kappa shape index (κ3) is 3.25. The molecule has 0 aromatic carbocycles. The summed E-state index contributed by atoms with van der Waals surface area (Å²) in [4.78, 5) is 0. The summed E-state index contributed by atoms with van der Waals surface area (Å²) in [6.07, 6.45) is 2.75. The summed E-state index contributed by atoms with van der Waals surface area (Å²) >= 11 is 0. The van der Waals surface area contributed by atoms with Gasteiger partial charge in [0.2, 0.25) is 10.0 Å². The molecule has 1 fully saturated rings. The normalized spacial score (nSPS) is 18.1. The molecule has 13 heavy (non-hydrogen) atoms. The van der Waals surface area contributed by atoms with E-state index in [1.807, 2.05) is 7.05 Å². The summed E-state index contributed by atoms with van der Waals surface area (Å²) in [5, 5.41) is 2.94. The molecule has 78 valence electrons. The Kier molecular flexibility index (Phi) is 3.70. The number of hydrogen-bond donors (Lipinski definition) is 1. The minimum atomic E-state index is -2.98. The first kappa shape index (κ1) is 10.9. The average molecular weight is 206 g/mol. The Morgan fingerprint density at radius 3 is 2.54 bits per heavy atom. The smallest absolute Gasteiger partial charge is 0.214 e. The zero-order valence-corrected chi connectivity index (χ0v) is 9.10. The lowest BCUT2D eigenvalue weighted by molar-refractivity contribution is 0.462. The predicted octanol–water partition coefficient (Wildman–Crippen LogP) is 0.0199. The van der Waals surface area contributed by atoms with Gasteiger partial charge < -0.3 is 5.32 Å². The highest BCUT2D eigenvalue weighted by molar-refractivity contribution is 7.89. The van der Waals surface area contributed by atoms with Gasteiger partial charge in [0.1, 0.15) is 0 Å². The Morgan fingerprint density at radius 2 is 2.08 bits per heavy atom. The molecule has 0 aromatic heterocycles. The summed E-state index contributed by atoms with van der Waals surface area (Å²) in [6.45, 7) is 0.762. The first-order valence-electron chi connectivity index (χ1n) is 4.68. The SMILES string of the molecule is CNCCCS(=O)(=O)N(C)C1CC1. The number of nitrogens with zero attached hydrogens (tertiary/aromatic N) is 1. The lowest BCUT2D eigenvalue weighted by Crippen LogP contribution is -2.32. The van der Waals surface area contributed by atoms with Gasteiger partial charge in [0.05, 0.1) is 5.75 Å². The van der Waals surface area contributed by atoms with Gasteiger partial charge in [-0.3, -0.25) is 0 Å². The Hall–Kier alpha value is -0.130. The molecule has 0 aliphatic heterocycles. The van der Waals surface area contributed by atoms with Crippen molar-refractivity contribution in [1.82, 2.24) is 9.62 Å². The van der Waals surface area contributed by atoms with E-state index in [-0.39, 0.29) is 5.75 Å². The molecular weight excluding hydrogens is 188 g/mol. The van der Waals surface area contributed by atoms with Gasteiger partial charge in [-0.2, -0.15) is 0 Å². The Balaban J connectivity index is 2.35. The minimum absolute atomic E-state index is 0.265. The monoisotopic (exact) mass is 206 g/mol. The van der Waals surface area contributed by atoms with Crippen molar-refractivity contribution in [1.29, 1.82) is 0 Å². The van der Waals surface area contributed by atoms with Crippen molar-refractivity contribution in [2.24, 2.45) is 0 Å². The molecule has 1 saturated carbocycles. The third-order valence-corrected chi connectivity index (χ3v) is 4.31. The van der Waals surface area contributed by atoms with Gasteiger partial charge in [-0.25, -0.2) is 12.7 Å². The van der Waals surface area contributed by atoms with Gasteiger partial charge >= 0.3 is 0 Å². The third-order valence-electron chi connectivity index (χ3n) is 2.33. The fourth-order valence-electron chi connectivity index (χ4n) is 1.24. The molecule has 4 nitrogen and oxygen atoms in total. The molecule has 5 heteroatoms. The first-order chi connectivity index (χ1) is 6.08. The minimum Gasteiger partial charge on any atom is -0.320 e. The quantitative estimate of drug-likeness (QED) is 0.623. The maximum atomic E-state index is 11.6. The molecule has 0 heterocycles. The molecule has 1 aliphatic carbocycles. The second kappa shape index (κ2) is 4.39. The Morgan fingerprint density at radius 1 is 1.46 bits per heavy atom. The standard InChI is InChI=1S/C8H18N2O2S/c1-9-6-3-7-13(11,12)10(2)8-4-5-8/h8-9H,3-7H2,1-2H3. The van der Waals surface area contributed by atoms with E-state index < -0.39 is 10.0 Å². The van der Waals surface area contributed by atoms with Crippen molar-refractivity contribution in [3.8, 4) is 0 Å². The summed E-state index contributed by atoms with van der Waals surface area (Å²) < 4.78 is 24.7. The topological polar surface area (TPSA) is 49.4 Å². The van der Waals surface area contributed by atoms with E-state index >= 15 is 0 Å². The Labute approximate surface area is 80.4 Å². The van der Waals surface area contributed by atoms with Gasteiger partial charge in [0.25, 0.3) is 0 Å². The van der Waals surface area contributed by atoms with Crippen LogP contribution in [0.1, 0.15) is 19.3 Å². The van der Waals surface area contributed by atoms with Crippen LogP contribution in [0, 0.1) is 0 Å². The van der Waals surface area contributed by atoms with Gasteiger partial charge in [-0.1, -0.05) is 0 Å². The highest BCUT2D eigenvalue weighted by Gasteiger charge is 2.33. The zero-order valence-electron chi connectivity index (χ0n) is 8.28. The molecule has 0 radical (unpaired) electrons. The van der Waals surface area contributed by atoms with Crippen LogP contribution in [-0.4, -0.2) is 45.2 Å². The van der Waals surface area contributed by atoms with Crippen LogP contribution in [-0.2, 0) is 10.0 Å². The molecule has 1 aliphatic rings. The second-order valence-corrected chi connectivity index (χ2v) is 5.67. The average Bonchev–Trinajstić information content (AvgIpc) is 2.86. The largest absolute Gasteiger partial charge is 0.320 e. The molecule has 0 amide bonds. The van der Waals surface area contributed by atoms with Crippen LogP contribution in [0.25, 0.3) is 0 Å². The highest BCUT2D eigenvalue weighted by Crippen LogP contribution is 2.27. The zero-order chi connectivity index (χ0) is 9.90. The molecule has 1 N–H and O–H groups in total. The highest BCUT2D eigenvalue weighted by atomic mass is 32.2. The van der Waals surface area contributed by atoms with Crippen molar-refractivity contribution in [2.75, 3.05) is 26.4 Å². The number of hydrogen-bond acceptors (Lipinski definition) is 3. The fraction of sp³-hybridized carbons (Fsp3) is 1.00. The van der Waals surface area contributed by atoms with Crippen LogP contribution >= 0.6 is 0 Å². The second-order valence-electron chi connectivity index (χ2n) is 3.52. The van der Waals surface area contributed by atoms with Crippen molar-refractivity contribution in [3.63, 3.8) is 0 Å². The van der Waals surface area contributed by atoms with Gasteiger partial charge in [-0.15, -0.1) is 0 Å². The molecule has 0 spiro atoms. The van der Waals surface area contributed by atoms with E-state index in [0.29, 0.717) is 12.5 Å². The Bertz CT molecular complexity index is 247. The number of nitrogens with one attached hydrogen (secondary N) is 1. The molecule has 1 rings (SSSR count). The molecule has 0 saturated heterocycles. The van der Waals surface area contributed by atoms with E-state index in [0.717, 1.165) is 19.4 Å². The van der Waals surface area contributed by atoms with E-state index in [2.05, 4.69) is 5.32 Å². The van der Waals surface area contributed by atoms with Crippen LogP contribution in [0.2, 0.25) is 0 Å². The number of rotatable bonds is 6. The van der Waals surface area contributed by atoms with Crippen LogP contribution in [0.5, 0.6) is 0 Å². The first-order valence-corrected chi connectivity index (χ1v) is 6.29. The van der Waals surface area contributed by atoms with Crippen molar-refractivity contribution in [2.45, 2.75) is 25.3 Å². The molecule has 0 bridgehead atoms. The number of sulfonamides is 1. The van der Waals surface area contributed by atoms with Crippen LogP contribution in [0.15, 0.2) is 0 Å². The van der Waals surface area contributed by atoms with Crippen LogP contribution in [0.3, 0.4) is 0 Å². The van der Waals surface area contributed by atoms with Crippen molar-refractivity contribution in [3.05, 3.63) is 0 Å². The van der Waals surface area contributed by atoms with Crippen LogP contribution in [0.4, 0.5) is 0 Å². The molecule has 0 atom stereocenters. The maximum Gasteiger partial charge on any atom is 0.214 e. The summed E-state index contributed by atoms with van der Waals surface area (Å²) in [5.74, 6) is 0.265. The van der Waals surface area contributed by atoms with E-state index in [9.17, 15) is 8.42 Å². The van der Waals surface area contributed by atoms with E-state index in [1.165, 1.54) is 4.31 Å². The predicted molar refractivity (Wildman–Crippen MR) is 53.1 cm³/mol. The van der Waals surface area contributed by atoms with Gasteiger partial charge in [0.15, 0.2) is 0 Å². The molecular formula is C8H18N2O2S. The lowest BCUT2D eigenvalue weighted by Gasteiger charge is -2.15. The summed E-state index contributed by atoms with van der Waals surface area (Å²) in [5.41, 5.74) is 0. The molecule has 0 unspecified atom stereocenters.